The van der Waals surface area contributed by atoms with Crippen LogP contribution < -0.4 is 11.5 Å². The van der Waals surface area contributed by atoms with Gasteiger partial charge < -0.3 is 16.6 Å². The third-order valence-corrected chi connectivity index (χ3v) is 5.60. The highest BCUT2D eigenvalue weighted by Crippen LogP contribution is 2.42. The summed E-state index contributed by atoms with van der Waals surface area (Å²) in [6.45, 7) is 0. The summed E-state index contributed by atoms with van der Waals surface area (Å²) in [5, 5.41) is 17.5. The van der Waals surface area contributed by atoms with E-state index in [-0.39, 0.29) is 16.5 Å². The van der Waals surface area contributed by atoms with E-state index in [2.05, 4.69) is 10.2 Å². The maximum atomic E-state index is 11.8. The maximum absolute atomic E-state index is 11.8. The normalized spacial score (nSPS) is 12.6. The molecule has 152 valence electrons. The van der Waals surface area contributed by atoms with Crippen molar-refractivity contribution in [2.45, 2.75) is 9.79 Å². The minimum atomic E-state index is -4.87. The first kappa shape index (κ1) is 20.5. The second-order valence-electron chi connectivity index (χ2n) is 5.92. The van der Waals surface area contributed by atoms with Crippen molar-refractivity contribution in [2.24, 2.45) is 10.2 Å². The molecule has 0 aliphatic rings. The Hall–Kier alpha value is -3.26. The molecule has 0 aliphatic carbocycles. The van der Waals surface area contributed by atoms with Gasteiger partial charge in [-0.25, -0.2) is 0 Å². The van der Waals surface area contributed by atoms with Gasteiger partial charge in [-0.05, 0) is 41.8 Å². The molecule has 0 atom stereocenters. The number of phenolic OH excluding ortho intramolecular Hbond substituents is 1. The number of phenols is 1. The molecule has 0 aliphatic heterocycles. The predicted molar refractivity (Wildman–Crippen MR) is 105 cm³/mol. The van der Waals surface area contributed by atoms with E-state index in [1.54, 1.807) is 0 Å². The van der Waals surface area contributed by atoms with Gasteiger partial charge in [-0.15, -0.1) is 5.11 Å². The fourth-order valence-electron chi connectivity index (χ4n) is 2.59. The molecule has 11 nitrogen and oxygen atoms in total. The van der Waals surface area contributed by atoms with Gasteiger partial charge in [0.15, 0.2) is 0 Å². The van der Waals surface area contributed by atoms with Crippen molar-refractivity contribution in [3.63, 3.8) is 0 Å². The molecule has 7 N–H and O–H groups in total. The van der Waals surface area contributed by atoms with E-state index in [9.17, 15) is 31.0 Å². The van der Waals surface area contributed by atoms with Crippen molar-refractivity contribution >= 4 is 53.8 Å². The molecule has 0 unspecified atom stereocenters. The molecule has 0 heterocycles. The van der Waals surface area contributed by atoms with Crippen molar-refractivity contribution < 1.29 is 31.0 Å². The quantitative estimate of drug-likeness (QED) is 0.230. The minimum Gasteiger partial charge on any atom is -0.507 e. The van der Waals surface area contributed by atoms with Gasteiger partial charge in [-0.3, -0.25) is 9.11 Å². The number of hydrogen-bond donors (Lipinski definition) is 5. The van der Waals surface area contributed by atoms with Crippen molar-refractivity contribution in [3.05, 3.63) is 42.5 Å². The number of fused-ring (bicyclic) bond motifs is 1. The van der Waals surface area contributed by atoms with Crippen LogP contribution in [0.3, 0.4) is 0 Å². The van der Waals surface area contributed by atoms with E-state index in [1.165, 1.54) is 24.3 Å². The van der Waals surface area contributed by atoms with Crippen LogP contribution in [-0.2, 0) is 20.2 Å². The van der Waals surface area contributed by atoms with Gasteiger partial charge in [0.1, 0.15) is 16.3 Å². The molecule has 0 bridgehead atoms. The molecule has 0 radical (unpaired) electrons. The number of rotatable bonds is 4. The smallest absolute Gasteiger partial charge is 0.296 e. The molecule has 0 saturated carbocycles. The SMILES string of the molecule is Nc1ccc(N=Nc2c(S(=O)(=O)O)cc3cc(S(=O)(=O)O)cc(O)c3c2N)cc1. The Bertz CT molecular complexity index is 1370. The Kier molecular flexibility index (Phi) is 4.92. The second kappa shape index (κ2) is 6.97. The molecule has 13 heteroatoms. The highest BCUT2D eigenvalue weighted by atomic mass is 32.2. The van der Waals surface area contributed by atoms with Crippen molar-refractivity contribution in [2.75, 3.05) is 11.5 Å². The van der Waals surface area contributed by atoms with Gasteiger partial charge in [0, 0.05) is 17.1 Å². The van der Waals surface area contributed by atoms with Crippen LogP contribution in [0.25, 0.3) is 10.8 Å². The van der Waals surface area contributed by atoms with Gasteiger partial charge in [0.2, 0.25) is 0 Å². The number of benzene rings is 3. The molecular weight excluding hydrogens is 424 g/mol. The average Bonchev–Trinajstić information content (AvgIpc) is 2.60. The van der Waals surface area contributed by atoms with E-state index in [4.69, 9.17) is 11.5 Å². The van der Waals surface area contributed by atoms with E-state index in [0.29, 0.717) is 11.4 Å². The Balaban J connectivity index is 2.32. The lowest BCUT2D eigenvalue weighted by molar-refractivity contribution is 0.471. The van der Waals surface area contributed by atoms with Gasteiger partial charge in [0.25, 0.3) is 20.2 Å². The van der Waals surface area contributed by atoms with Crippen LogP contribution in [0.4, 0.5) is 22.7 Å². The summed E-state index contributed by atoms with van der Waals surface area (Å²) in [6, 6.07) is 8.54. The van der Waals surface area contributed by atoms with Gasteiger partial charge >= 0.3 is 0 Å². The van der Waals surface area contributed by atoms with Crippen molar-refractivity contribution in [3.8, 4) is 5.75 Å². The molecular formula is C16H14N4O7S2. The van der Waals surface area contributed by atoms with Crippen LogP contribution in [0.2, 0.25) is 0 Å². The lowest BCUT2D eigenvalue weighted by Gasteiger charge is -2.12. The van der Waals surface area contributed by atoms with E-state index in [0.717, 1.165) is 18.2 Å². The molecule has 3 aromatic carbocycles. The van der Waals surface area contributed by atoms with E-state index < -0.39 is 41.5 Å². The van der Waals surface area contributed by atoms with Crippen molar-refractivity contribution in [1.82, 2.24) is 0 Å². The van der Waals surface area contributed by atoms with Crippen LogP contribution in [0.5, 0.6) is 5.75 Å². The Morgan fingerprint density at radius 1 is 0.828 bits per heavy atom. The first-order valence-corrected chi connectivity index (χ1v) is 10.6. The first-order chi connectivity index (χ1) is 13.4. The Labute approximate surface area is 164 Å². The summed E-state index contributed by atoms with van der Waals surface area (Å²) in [5.74, 6) is -0.654. The monoisotopic (exact) mass is 438 g/mol. The molecule has 0 aromatic heterocycles. The largest absolute Gasteiger partial charge is 0.507 e. The maximum Gasteiger partial charge on any atom is 0.296 e. The third-order valence-electron chi connectivity index (χ3n) is 3.90. The summed E-state index contributed by atoms with van der Waals surface area (Å²) in [6.07, 6.45) is 0. The lowest BCUT2D eigenvalue weighted by atomic mass is 10.1. The number of hydrogen-bond acceptors (Lipinski definition) is 9. The summed E-state index contributed by atoms with van der Waals surface area (Å²) in [5.41, 5.74) is 11.4. The third kappa shape index (κ3) is 4.12. The van der Waals surface area contributed by atoms with Crippen LogP contribution in [0.15, 0.2) is 62.5 Å². The molecule has 29 heavy (non-hydrogen) atoms. The van der Waals surface area contributed by atoms with E-state index in [1.807, 2.05) is 0 Å². The fraction of sp³-hybridized carbons (Fsp3) is 0. The van der Waals surface area contributed by atoms with E-state index >= 15 is 0 Å². The number of azo groups is 1. The molecule has 3 aromatic rings. The molecule has 0 saturated heterocycles. The number of nitrogen functional groups attached to an aromatic ring is 2. The van der Waals surface area contributed by atoms with Crippen LogP contribution in [0.1, 0.15) is 0 Å². The van der Waals surface area contributed by atoms with Crippen LogP contribution in [0, 0.1) is 0 Å². The zero-order valence-electron chi connectivity index (χ0n) is 14.4. The molecule has 3 rings (SSSR count). The summed E-state index contributed by atoms with van der Waals surface area (Å²) < 4.78 is 65.1. The first-order valence-electron chi connectivity index (χ1n) is 7.69. The highest BCUT2D eigenvalue weighted by Gasteiger charge is 2.24. The van der Waals surface area contributed by atoms with Crippen LogP contribution in [-0.4, -0.2) is 31.0 Å². The minimum absolute atomic E-state index is 0.143. The average molecular weight is 438 g/mol. The summed E-state index contributed by atoms with van der Waals surface area (Å²) in [4.78, 5) is -1.46. The van der Waals surface area contributed by atoms with Gasteiger partial charge in [-0.1, -0.05) is 0 Å². The Morgan fingerprint density at radius 3 is 2.00 bits per heavy atom. The topological polar surface area (TPSA) is 206 Å². The number of aromatic hydroxyl groups is 1. The molecule has 0 spiro atoms. The number of nitrogens with zero attached hydrogens (tertiary/aromatic N) is 2. The van der Waals surface area contributed by atoms with Crippen LogP contribution >= 0.6 is 0 Å². The number of anilines is 2. The lowest BCUT2D eigenvalue weighted by Crippen LogP contribution is -2.03. The van der Waals surface area contributed by atoms with Gasteiger partial charge in [0.05, 0.1) is 16.3 Å². The zero-order chi connectivity index (χ0) is 21.6. The number of nitrogens with two attached hydrogens (primary N) is 2. The standard InChI is InChI=1S/C16H14N4O7S2/c17-9-1-3-10(4-2-9)19-20-16-13(29(25,26)27)6-8-5-11(28(22,23)24)7-12(21)14(8)15(16)18/h1-7,21H,17-18H2,(H,22,23,24)(H,25,26,27). The van der Waals surface area contributed by atoms with Gasteiger partial charge in [-0.2, -0.15) is 21.9 Å². The second-order valence-corrected chi connectivity index (χ2v) is 8.73. The molecule has 0 amide bonds. The fourth-order valence-corrected chi connectivity index (χ4v) is 3.79. The van der Waals surface area contributed by atoms with Crippen molar-refractivity contribution in [1.29, 1.82) is 0 Å². The zero-order valence-corrected chi connectivity index (χ0v) is 16.0. The highest BCUT2D eigenvalue weighted by molar-refractivity contribution is 7.86. The summed E-state index contributed by atoms with van der Waals surface area (Å²) in [7, 11) is -9.57. The Morgan fingerprint density at radius 2 is 1.45 bits per heavy atom. The molecule has 0 fully saturated rings. The summed E-state index contributed by atoms with van der Waals surface area (Å²) >= 11 is 0. The predicted octanol–water partition coefficient (Wildman–Crippen LogP) is 2.62.